The lowest BCUT2D eigenvalue weighted by molar-refractivity contribution is -0.385. The minimum absolute atomic E-state index is 0.0753. The predicted octanol–water partition coefficient (Wildman–Crippen LogP) is 3.31. The van der Waals surface area contributed by atoms with E-state index in [4.69, 9.17) is 16.3 Å². The number of hydrogen-bond acceptors (Lipinski definition) is 4. The summed E-state index contributed by atoms with van der Waals surface area (Å²) < 4.78 is 5.45. The molecule has 19 heavy (non-hydrogen) atoms. The summed E-state index contributed by atoms with van der Waals surface area (Å²) in [5.41, 5.74) is 1.30. The van der Waals surface area contributed by atoms with Crippen LogP contribution in [0.1, 0.15) is 11.3 Å². The standard InChI is InChI=1S/C13H11ClN2O3/c14-8-11-6-12(16(17)18)7-13(15-11)19-9-10-4-2-1-3-5-10/h1-7H,8-9H2. The maximum absolute atomic E-state index is 10.8. The van der Waals surface area contributed by atoms with Gasteiger partial charge in [0.2, 0.25) is 5.88 Å². The Bertz CT molecular complexity index is 575. The number of benzene rings is 1. The normalized spacial score (nSPS) is 10.2. The highest BCUT2D eigenvalue weighted by atomic mass is 35.5. The topological polar surface area (TPSA) is 65.3 Å². The number of halogens is 1. The summed E-state index contributed by atoms with van der Waals surface area (Å²) in [5.74, 6) is 0.303. The summed E-state index contributed by atoms with van der Waals surface area (Å²) in [6, 6.07) is 12.1. The van der Waals surface area contributed by atoms with Gasteiger partial charge in [0, 0.05) is 6.07 Å². The fourth-order valence-corrected chi connectivity index (χ4v) is 1.66. The van der Waals surface area contributed by atoms with Gasteiger partial charge in [0.1, 0.15) is 6.61 Å². The fourth-order valence-electron chi connectivity index (χ4n) is 1.52. The van der Waals surface area contributed by atoms with Gasteiger partial charge in [-0.25, -0.2) is 4.98 Å². The van der Waals surface area contributed by atoms with Gasteiger partial charge in [-0.2, -0.15) is 0 Å². The molecular formula is C13H11ClN2O3. The molecule has 0 atom stereocenters. The van der Waals surface area contributed by atoms with Gasteiger partial charge in [-0.1, -0.05) is 30.3 Å². The van der Waals surface area contributed by atoms with Gasteiger partial charge < -0.3 is 4.74 Å². The summed E-state index contributed by atoms with van der Waals surface area (Å²) in [6.07, 6.45) is 0. The van der Waals surface area contributed by atoms with E-state index in [0.717, 1.165) is 5.56 Å². The molecule has 0 saturated carbocycles. The molecule has 0 amide bonds. The van der Waals surface area contributed by atoms with Gasteiger partial charge in [0.25, 0.3) is 5.69 Å². The first-order valence-corrected chi connectivity index (χ1v) is 6.10. The second-order valence-electron chi connectivity index (χ2n) is 3.82. The Kier molecular flexibility index (Phi) is 4.30. The molecule has 6 heteroatoms. The minimum atomic E-state index is -0.493. The number of rotatable bonds is 5. The summed E-state index contributed by atoms with van der Waals surface area (Å²) in [4.78, 5) is 14.4. The summed E-state index contributed by atoms with van der Waals surface area (Å²) in [6.45, 7) is 0.302. The summed E-state index contributed by atoms with van der Waals surface area (Å²) in [5, 5.41) is 10.8. The molecule has 1 heterocycles. The van der Waals surface area contributed by atoms with Crippen LogP contribution in [0.15, 0.2) is 42.5 Å². The lowest BCUT2D eigenvalue weighted by atomic mass is 10.2. The van der Waals surface area contributed by atoms with Crippen LogP contribution < -0.4 is 4.74 Å². The first-order chi connectivity index (χ1) is 9.19. The van der Waals surface area contributed by atoms with E-state index in [0.29, 0.717) is 12.3 Å². The summed E-state index contributed by atoms with van der Waals surface area (Å²) >= 11 is 5.65. The number of hydrogen-bond donors (Lipinski definition) is 0. The van der Waals surface area contributed by atoms with E-state index in [9.17, 15) is 10.1 Å². The largest absolute Gasteiger partial charge is 0.473 e. The lowest BCUT2D eigenvalue weighted by Gasteiger charge is -2.06. The molecule has 2 aromatic rings. The molecule has 0 N–H and O–H groups in total. The van der Waals surface area contributed by atoms with Crippen molar-refractivity contribution in [1.29, 1.82) is 0 Å². The highest BCUT2D eigenvalue weighted by molar-refractivity contribution is 6.16. The van der Waals surface area contributed by atoms with Crippen LogP contribution in [0.5, 0.6) is 5.88 Å². The van der Waals surface area contributed by atoms with Crippen molar-refractivity contribution < 1.29 is 9.66 Å². The van der Waals surface area contributed by atoms with Crippen LogP contribution >= 0.6 is 11.6 Å². The van der Waals surface area contributed by atoms with Crippen molar-refractivity contribution in [2.24, 2.45) is 0 Å². The Morgan fingerprint density at radius 2 is 2.00 bits per heavy atom. The van der Waals surface area contributed by atoms with E-state index in [2.05, 4.69) is 4.98 Å². The van der Waals surface area contributed by atoms with Crippen molar-refractivity contribution in [2.75, 3.05) is 0 Å². The van der Waals surface area contributed by atoms with Crippen molar-refractivity contribution >= 4 is 17.3 Å². The van der Waals surface area contributed by atoms with Gasteiger partial charge in [-0.3, -0.25) is 10.1 Å². The van der Waals surface area contributed by atoms with Crippen LogP contribution in [0.25, 0.3) is 0 Å². The van der Waals surface area contributed by atoms with Crippen LogP contribution in [0.4, 0.5) is 5.69 Å². The smallest absolute Gasteiger partial charge is 0.276 e. The Balaban J connectivity index is 2.15. The van der Waals surface area contributed by atoms with Gasteiger partial charge in [-0.05, 0) is 5.56 Å². The van der Waals surface area contributed by atoms with E-state index < -0.39 is 4.92 Å². The molecule has 0 spiro atoms. The monoisotopic (exact) mass is 278 g/mol. The zero-order valence-corrected chi connectivity index (χ0v) is 10.7. The van der Waals surface area contributed by atoms with E-state index in [1.807, 2.05) is 30.3 Å². The quantitative estimate of drug-likeness (QED) is 0.478. The van der Waals surface area contributed by atoms with Crippen molar-refractivity contribution in [2.45, 2.75) is 12.5 Å². The van der Waals surface area contributed by atoms with E-state index in [1.165, 1.54) is 12.1 Å². The number of pyridine rings is 1. The number of alkyl halides is 1. The zero-order chi connectivity index (χ0) is 13.7. The molecule has 5 nitrogen and oxygen atoms in total. The molecule has 0 saturated heterocycles. The molecular weight excluding hydrogens is 268 g/mol. The fraction of sp³-hybridized carbons (Fsp3) is 0.154. The molecule has 0 fully saturated rings. The molecule has 1 aromatic heterocycles. The predicted molar refractivity (Wildman–Crippen MR) is 71.2 cm³/mol. The van der Waals surface area contributed by atoms with E-state index >= 15 is 0 Å². The van der Waals surface area contributed by atoms with Crippen molar-refractivity contribution in [3.8, 4) is 5.88 Å². The third kappa shape index (κ3) is 3.66. The number of nitro groups is 1. The van der Waals surface area contributed by atoms with Crippen molar-refractivity contribution in [1.82, 2.24) is 4.98 Å². The van der Waals surface area contributed by atoms with Crippen LogP contribution in [-0.4, -0.2) is 9.91 Å². The molecule has 0 radical (unpaired) electrons. The highest BCUT2D eigenvalue weighted by Gasteiger charge is 2.11. The van der Waals surface area contributed by atoms with Gasteiger partial charge in [0.15, 0.2) is 0 Å². The van der Waals surface area contributed by atoms with E-state index in [1.54, 1.807) is 0 Å². The first-order valence-electron chi connectivity index (χ1n) is 5.57. The number of aromatic nitrogens is 1. The SMILES string of the molecule is O=[N+]([O-])c1cc(CCl)nc(OCc2ccccc2)c1. The average molecular weight is 279 g/mol. The Labute approximate surface area is 115 Å². The van der Waals surface area contributed by atoms with Gasteiger partial charge in [-0.15, -0.1) is 11.6 Å². The van der Waals surface area contributed by atoms with E-state index in [-0.39, 0.29) is 17.4 Å². The van der Waals surface area contributed by atoms with Crippen LogP contribution in [0, 0.1) is 10.1 Å². The average Bonchev–Trinajstić information content (AvgIpc) is 2.45. The number of nitrogens with zero attached hydrogens (tertiary/aromatic N) is 2. The maximum atomic E-state index is 10.8. The molecule has 0 unspecified atom stereocenters. The molecule has 2 rings (SSSR count). The lowest BCUT2D eigenvalue weighted by Crippen LogP contribution is -2.00. The molecule has 0 aliphatic rings. The highest BCUT2D eigenvalue weighted by Crippen LogP contribution is 2.21. The van der Waals surface area contributed by atoms with Gasteiger partial charge >= 0.3 is 0 Å². The maximum Gasteiger partial charge on any atom is 0.276 e. The van der Waals surface area contributed by atoms with Crippen molar-refractivity contribution in [3.05, 3.63) is 63.8 Å². The van der Waals surface area contributed by atoms with Crippen LogP contribution in [-0.2, 0) is 12.5 Å². The van der Waals surface area contributed by atoms with Crippen LogP contribution in [0.2, 0.25) is 0 Å². The molecule has 0 aliphatic heterocycles. The van der Waals surface area contributed by atoms with Crippen molar-refractivity contribution in [3.63, 3.8) is 0 Å². The van der Waals surface area contributed by atoms with Gasteiger partial charge in [0.05, 0.1) is 22.6 Å². The Morgan fingerprint density at radius 1 is 1.26 bits per heavy atom. The molecule has 1 aromatic carbocycles. The second-order valence-corrected chi connectivity index (χ2v) is 4.09. The zero-order valence-electron chi connectivity index (χ0n) is 9.95. The Morgan fingerprint density at radius 3 is 2.63 bits per heavy atom. The molecule has 0 bridgehead atoms. The third-order valence-electron chi connectivity index (χ3n) is 2.42. The number of ether oxygens (including phenoxy) is 1. The third-order valence-corrected chi connectivity index (χ3v) is 2.69. The minimum Gasteiger partial charge on any atom is -0.473 e. The second kappa shape index (κ2) is 6.15. The molecule has 0 aliphatic carbocycles. The first kappa shape index (κ1) is 13.3. The summed E-state index contributed by atoms with van der Waals surface area (Å²) in [7, 11) is 0. The molecule has 98 valence electrons. The van der Waals surface area contributed by atoms with Crippen LogP contribution in [0.3, 0.4) is 0 Å². The Hall–Kier alpha value is -2.14.